The van der Waals surface area contributed by atoms with E-state index < -0.39 is 0 Å². The average Bonchev–Trinajstić information content (AvgIpc) is 2.62. The molecule has 0 aliphatic heterocycles. The standard InChI is InChI=1S/C15H26O/c1-2-12-9-10-14(11-12)15(16)13-7-5-3-4-6-8-13/h12-14H,2-11H2,1H3. The number of carbonyl (C=O) groups excluding carboxylic acids is 1. The molecule has 2 unspecified atom stereocenters. The predicted octanol–water partition coefficient (Wildman–Crippen LogP) is 4.35. The van der Waals surface area contributed by atoms with Gasteiger partial charge in [-0.25, -0.2) is 0 Å². The molecule has 0 aromatic rings. The Morgan fingerprint density at radius 2 is 1.62 bits per heavy atom. The summed E-state index contributed by atoms with van der Waals surface area (Å²) in [5.74, 6) is 2.36. The Hall–Kier alpha value is -0.330. The number of rotatable bonds is 3. The van der Waals surface area contributed by atoms with E-state index in [2.05, 4.69) is 6.92 Å². The van der Waals surface area contributed by atoms with E-state index in [1.165, 1.54) is 64.2 Å². The smallest absolute Gasteiger partial charge is 0.139 e. The van der Waals surface area contributed by atoms with E-state index in [-0.39, 0.29) is 0 Å². The molecule has 0 heterocycles. The van der Waals surface area contributed by atoms with Gasteiger partial charge >= 0.3 is 0 Å². The van der Waals surface area contributed by atoms with Crippen molar-refractivity contribution in [1.29, 1.82) is 0 Å². The van der Waals surface area contributed by atoms with Crippen LogP contribution in [0.4, 0.5) is 0 Å². The number of hydrogen-bond acceptors (Lipinski definition) is 1. The van der Waals surface area contributed by atoms with E-state index in [9.17, 15) is 4.79 Å². The van der Waals surface area contributed by atoms with Crippen molar-refractivity contribution >= 4 is 5.78 Å². The summed E-state index contributed by atoms with van der Waals surface area (Å²) >= 11 is 0. The minimum atomic E-state index is 0.433. The van der Waals surface area contributed by atoms with Crippen LogP contribution in [0.5, 0.6) is 0 Å². The van der Waals surface area contributed by atoms with E-state index in [4.69, 9.17) is 0 Å². The molecule has 92 valence electrons. The molecular weight excluding hydrogens is 196 g/mol. The van der Waals surface area contributed by atoms with Crippen LogP contribution in [0.15, 0.2) is 0 Å². The van der Waals surface area contributed by atoms with Gasteiger partial charge in [-0.1, -0.05) is 39.0 Å². The Morgan fingerprint density at radius 1 is 0.938 bits per heavy atom. The van der Waals surface area contributed by atoms with Crippen molar-refractivity contribution in [3.05, 3.63) is 0 Å². The van der Waals surface area contributed by atoms with Gasteiger partial charge in [-0.15, -0.1) is 0 Å². The molecule has 0 radical (unpaired) electrons. The first-order valence-electron chi connectivity index (χ1n) is 7.35. The van der Waals surface area contributed by atoms with Crippen molar-refractivity contribution in [3.8, 4) is 0 Å². The third-order valence-electron chi connectivity index (χ3n) is 4.78. The predicted molar refractivity (Wildman–Crippen MR) is 67.3 cm³/mol. The van der Waals surface area contributed by atoms with Gasteiger partial charge in [0, 0.05) is 11.8 Å². The second-order valence-electron chi connectivity index (χ2n) is 5.88. The van der Waals surface area contributed by atoms with Crippen LogP contribution in [0.1, 0.15) is 71.1 Å². The fourth-order valence-electron chi connectivity index (χ4n) is 3.60. The van der Waals surface area contributed by atoms with Gasteiger partial charge < -0.3 is 0 Å². The van der Waals surface area contributed by atoms with Gasteiger partial charge in [0.25, 0.3) is 0 Å². The molecule has 0 aromatic heterocycles. The Bertz CT molecular complexity index is 226. The van der Waals surface area contributed by atoms with Crippen LogP contribution in [0.3, 0.4) is 0 Å². The van der Waals surface area contributed by atoms with Crippen LogP contribution in [0, 0.1) is 17.8 Å². The normalized spacial score (nSPS) is 32.6. The number of hydrogen-bond donors (Lipinski definition) is 0. The van der Waals surface area contributed by atoms with Crippen LogP contribution in [0.25, 0.3) is 0 Å². The number of Topliss-reactive ketones (excluding diaryl/α,β-unsaturated/α-hetero) is 1. The summed E-state index contributed by atoms with van der Waals surface area (Å²) in [6.07, 6.45) is 12.6. The molecule has 2 rings (SSSR count). The zero-order valence-corrected chi connectivity index (χ0v) is 10.7. The first-order valence-corrected chi connectivity index (χ1v) is 7.35. The highest BCUT2D eigenvalue weighted by Gasteiger charge is 2.32. The molecule has 0 saturated heterocycles. The van der Waals surface area contributed by atoms with Crippen molar-refractivity contribution in [3.63, 3.8) is 0 Å². The molecule has 2 aliphatic carbocycles. The van der Waals surface area contributed by atoms with E-state index in [0.717, 1.165) is 5.92 Å². The van der Waals surface area contributed by atoms with E-state index in [0.29, 0.717) is 17.6 Å². The largest absolute Gasteiger partial charge is 0.299 e. The van der Waals surface area contributed by atoms with E-state index in [1.54, 1.807) is 0 Å². The summed E-state index contributed by atoms with van der Waals surface area (Å²) in [7, 11) is 0. The molecule has 0 aromatic carbocycles. The minimum absolute atomic E-state index is 0.433. The van der Waals surface area contributed by atoms with Gasteiger partial charge in [0.1, 0.15) is 5.78 Å². The van der Waals surface area contributed by atoms with Crippen LogP contribution in [0.2, 0.25) is 0 Å². The molecule has 2 fully saturated rings. The molecule has 16 heavy (non-hydrogen) atoms. The maximum absolute atomic E-state index is 12.4. The first kappa shape index (κ1) is 12.1. The van der Waals surface area contributed by atoms with Gasteiger partial charge in [-0.05, 0) is 38.0 Å². The average molecular weight is 222 g/mol. The summed E-state index contributed by atoms with van der Waals surface area (Å²) in [5.41, 5.74) is 0. The maximum atomic E-state index is 12.4. The third-order valence-corrected chi connectivity index (χ3v) is 4.78. The van der Waals surface area contributed by atoms with Crippen LogP contribution in [-0.2, 0) is 4.79 Å². The molecule has 2 saturated carbocycles. The summed E-state index contributed by atoms with van der Waals surface area (Å²) in [6.45, 7) is 2.27. The second-order valence-corrected chi connectivity index (χ2v) is 5.88. The number of carbonyl (C=O) groups is 1. The Balaban J connectivity index is 1.86. The fourth-order valence-corrected chi connectivity index (χ4v) is 3.60. The lowest BCUT2D eigenvalue weighted by Gasteiger charge is -2.17. The third kappa shape index (κ3) is 2.87. The summed E-state index contributed by atoms with van der Waals surface area (Å²) in [6, 6.07) is 0. The lowest BCUT2D eigenvalue weighted by molar-refractivity contribution is -0.127. The fraction of sp³-hybridized carbons (Fsp3) is 0.933. The number of ketones is 1. The summed E-state index contributed by atoms with van der Waals surface area (Å²) in [5, 5.41) is 0. The minimum Gasteiger partial charge on any atom is -0.299 e. The molecule has 2 aliphatic rings. The van der Waals surface area contributed by atoms with Gasteiger partial charge in [0.05, 0.1) is 0 Å². The van der Waals surface area contributed by atoms with Gasteiger partial charge in [-0.3, -0.25) is 4.79 Å². The van der Waals surface area contributed by atoms with Crippen molar-refractivity contribution < 1.29 is 4.79 Å². The molecular formula is C15H26O. The molecule has 1 heteroatoms. The molecule has 0 amide bonds. The van der Waals surface area contributed by atoms with Crippen molar-refractivity contribution in [2.45, 2.75) is 71.1 Å². The first-order chi connectivity index (χ1) is 7.81. The van der Waals surface area contributed by atoms with Gasteiger partial charge in [0.2, 0.25) is 0 Å². The zero-order chi connectivity index (χ0) is 11.4. The Morgan fingerprint density at radius 3 is 2.19 bits per heavy atom. The van der Waals surface area contributed by atoms with Crippen molar-refractivity contribution in [2.24, 2.45) is 17.8 Å². The molecule has 0 bridgehead atoms. The van der Waals surface area contributed by atoms with Gasteiger partial charge in [-0.2, -0.15) is 0 Å². The maximum Gasteiger partial charge on any atom is 0.139 e. The molecule has 1 nitrogen and oxygen atoms in total. The van der Waals surface area contributed by atoms with E-state index >= 15 is 0 Å². The molecule has 2 atom stereocenters. The summed E-state index contributed by atoms with van der Waals surface area (Å²) in [4.78, 5) is 12.4. The topological polar surface area (TPSA) is 17.1 Å². The lowest BCUT2D eigenvalue weighted by Crippen LogP contribution is -2.21. The lowest BCUT2D eigenvalue weighted by atomic mass is 9.86. The van der Waals surface area contributed by atoms with E-state index in [1.807, 2.05) is 0 Å². The van der Waals surface area contributed by atoms with Crippen molar-refractivity contribution in [2.75, 3.05) is 0 Å². The van der Waals surface area contributed by atoms with Crippen molar-refractivity contribution in [1.82, 2.24) is 0 Å². The van der Waals surface area contributed by atoms with Crippen LogP contribution in [-0.4, -0.2) is 5.78 Å². The molecule has 0 spiro atoms. The highest BCUT2D eigenvalue weighted by Crippen LogP contribution is 2.37. The molecule has 0 N–H and O–H groups in total. The SMILES string of the molecule is CCC1CCC(C(=O)C2CCCCCC2)C1. The highest BCUT2D eigenvalue weighted by molar-refractivity contribution is 5.83. The summed E-state index contributed by atoms with van der Waals surface area (Å²) < 4.78 is 0. The zero-order valence-electron chi connectivity index (χ0n) is 10.7. The van der Waals surface area contributed by atoms with Gasteiger partial charge in [0.15, 0.2) is 0 Å². The Labute approximate surface area is 100.0 Å². The second kappa shape index (κ2) is 5.84. The quantitative estimate of drug-likeness (QED) is 0.649. The monoisotopic (exact) mass is 222 g/mol. The van der Waals surface area contributed by atoms with Crippen LogP contribution < -0.4 is 0 Å². The Kier molecular flexibility index (Phi) is 4.43. The highest BCUT2D eigenvalue weighted by atomic mass is 16.1. The van der Waals surface area contributed by atoms with Crippen LogP contribution >= 0.6 is 0 Å².